The molecule has 146 valence electrons. The number of imidazole rings is 1. The zero-order valence-corrected chi connectivity index (χ0v) is 16.7. The molecule has 1 atom stereocenters. The Hall–Kier alpha value is -2.51. The van der Waals surface area contributed by atoms with Gasteiger partial charge in [-0.3, -0.25) is 4.98 Å². The van der Waals surface area contributed by atoms with E-state index in [1.54, 1.807) is 16.7 Å². The van der Waals surface area contributed by atoms with Gasteiger partial charge in [-0.25, -0.2) is 13.4 Å². The van der Waals surface area contributed by atoms with Crippen molar-refractivity contribution in [3.63, 3.8) is 0 Å². The molecule has 0 N–H and O–H groups in total. The van der Waals surface area contributed by atoms with Crippen LogP contribution in [0.2, 0.25) is 0 Å². The molecule has 2 aromatic heterocycles. The predicted octanol–water partition coefficient (Wildman–Crippen LogP) is 3.42. The van der Waals surface area contributed by atoms with E-state index in [2.05, 4.69) is 14.5 Å². The fraction of sp³-hybridized carbons (Fsp3) is 0.333. The average Bonchev–Trinajstić information content (AvgIpc) is 3.11. The second-order valence-corrected chi connectivity index (χ2v) is 9.20. The molecule has 3 heterocycles. The highest BCUT2D eigenvalue weighted by Gasteiger charge is 2.31. The Morgan fingerprint density at radius 3 is 2.68 bits per heavy atom. The topological polar surface area (TPSA) is 68.1 Å². The first kappa shape index (κ1) is 18.8. The van der Waals surface area contributed by atoms with E-state index < -0.39 is 10.0 Å². The van der Waals surface area contributed by atoms with E-state index in [1.165, 1.54) is 0 Å². The molecule has 1 aliphatic rings. The molecule has 1 fully saturated rings. The standard InChI is InChI=1S/C21H24N4O2S/c1-17-13-23-21(19-9-5-11-22-14-19)25(17)20-10-6-12-24(15-20)28(26,27)16-18-7-3-2-4-8-18/h2-5,7-9,11,13-14,20H,6,10,12,15-16H2,1H3. The fourth-order valence-electron chi connectivity index (χ4n) is 3.88. The summed E-state index contributed by atoms with van der Waals surface area (Å²) in [6.45, 7) is 3.06. The Bertz CT molecular complexity index is 1030. The van der Waals surface area contributed by atoms with Gasteiger partial charge in [-0.15, -0.1) is 0 Å². The van der Waals surface area contributed by atoms with E-state index >= 15 is 0 Å². The molecule has 0 radical (unpaired) electrons. The van der Waals surface area contributed by atoms with E-state index in [9.17, 15) is 8.42 Å². The molecule has 7 heteroatoms. The molecule has 0 saturated carbocycles. The number of sulfonamides is 1. The number of piperidine rings is 1. The largest absolute Gasteiger partial charge is 0.324 e. The third kappa shape index (κ3) is 3.86. The normalized spacial score (nSPS) is 18.2. The third-order valence-corrected chi connectivity index (χ3v) is 7.03. The van der Waals surface area contributed by atoms with Gasteiger partial charge in [0.05, 0.1) is 5.75 Å². The molecular weight excluding hydrogens is 372 g/mol. The van der Waals surface area contributed by atoms with Gasteiger partial charge in [0.2, 0.25) is 10.0 Å². The van der Waals surface area contributed by atoms with Crippen molar-refractivity contribution in [2.45, 2.75) is 31.6 Å². The number of nitrogens with zero attached hydrogens (tertiary/aromatic N) is 4. The monoisotopic (exact) mass is 396 g/mol. The molecular formula is C21H24N4O2S. The van der Waals surface area contributed by atoms with Gasteiger partial charge in [-0.2, -0.15) is 4.31 Å². The third-order valence-electron chi connectivity index (χ3n) is 5.21. The van der Waals surface area contributed by atoms with E-state index in [0.717, 1.165) is 35.5 Å². The second kappa shape index (κ2) is 7.85. The van der Waals surface area contributed by atoms with Crippen LogP contribution in [-0.2, 0) is 15.8 Å². The molecule has 0 amide bonds. The summed E-state index contributed by atoms with van der Waals surface area (Å²) in [7, 11) is -3.36. The Kier molecular flexibility index (Phi) is 5.28. The van der Waals surface area contributed by atoms with Gasteiger partial charge in [0.25, 0.3) is 0 Å². The highest BCUT2D eigenvalue weighted by atomic mass is 32.2. The summed E-state index contributed by atoms with van der Waals surface area (Å²) in [6.07, 6.45) is 7.15. The number of aryl methyl sites for hydroxylation is 1. The van der Waals surface area contributed by atoms with Crippen LogP contribution in [0.5, 0.6) is 0 Å². The zero-order valence-electron chi connectivity index (χ0n) is 15.9. The highest BCUT2D eigenvalue weighted by Crippen LogP contribution is 2.30. The van der Waals surface area contributed by atoms with E-state index in [0.29, 0.717) is 13.1 Å². The Labute approximate surface area is 165 Å². The number of benzene rings is 1. The SMILES string of the molecule is Cc1cnc(-c2cccnc2)n1C1CCCN(S(=O)(=O)Cc2ccccc2)C1. The van der Waals surface area contributed by atoms with Crippen LogP contribution in [0.3, 0.4) is 0 Å². The Morgan fingerprint density at radius 1 is 1.11 bits per heavy atom. The molecule has 6 nitrogen and oxygen atoms in total. The van der Waals surface area contributed by atoms with Crippen LogP contribution in [0.15, 0.2) is 61.1 Å². The van der Waals surface area contributed by atoms with Crippen LogP contribution < -0.4 is 0 Å². The van der Waals surface area contributed by atoms with Crippen molar-refractivity contribution >= 4 is 10.0 Å². The van der Waals surface area contributed by atoms with Gasteiger partial charge in [0, 0.05) is 49.0 Å². The van der Waals surface area contributed by atoms with Crippen LogP contribution in [0, 0.1) is 6.92 Å². The molecule has 1 aliphatic heterocycles. The van der Waals surface area contributed by atoms with Crippen molar-refractivity contribution in [3.8, 4) is 11.4 Å². The van der Waals surface area contributed by atoms with Gasteiger partial charge in [-0.05, 0) is 37.5 Å². The molecule has 1 unspecified atom stereocenters. The Balaban J connectivity index is 1.59. The van der Waals surface area contributed by atoms with Crippen molar-refractivity contribution in [2.75, 3.05) is 13.1 Å². The zero-order chi connectivity index (χ0) is 19.6. The number of aromatic nitrogens is 3. The average molecular weight is 397 g/mol. The summed E-state index contributed by atoms with van der Waals surface area (Å²) in [5, 5.41) is 0. The lowest BCUT2D eigenvalue weighted by Gasteiger charge is -2.34. The maximum Gasteiger partial charge on any atom is 0.218 e. The van der Waals surface area contributed by atoms with E-state index in [-0.39, 0.29) is 11.8 Å². The summed E-state index contributed by atoms with van der Waals surface area (Å²) in [4.78, 5) is 8.77. The van der Waals surface area contributed by atoms with Gasteiger partial charge >= 0.3 is 0 Å². The van der Waals surface area contributed by atoms with Gasteiger partial charge in [-0.1, -0.05) is 30.3 Å². The molecule has 1 saturated heterocycles. The molecule has 1 aromatic carbocycles. The quantitative estimate of drug-likeness (QED) is 0.663. The predicted molar refractivity (Wildman–Crippen MR) is 109 cm³/mol. The van der Waals surface area contributed by atoms with Crippen molar-refractivity contribution in [3.05, 3.63) is 72.3 Å². The first-order valence-corrected chi connectivity index (χ1v) is 11.1. The molecule has 28 heavy (non-hydrogen) atoms. The summed E-state index contributed by atoms with van der Waals surface area (Å²) >= 11 is 0. The Morgan fingerprint density at radius 2 is 1.93 bits per heavy atom. The lowest BCUT2D eigenvalue weighted by Crippen LogP contribution is -2.41. The molecule has 0 spiro atoms. The van der Waals surface area contributed by atoms with Crippen LogP contribution >= 0.6 is 0 Å². The maximum absolute atomic E-state index is 13.0. The van der Waals surface area contributed by atoms with Crippen LogP contribution in [0.25, 0.3) is 11.4 Å². The maximum atomic E-state index is 13.0. The van der Waals surface area contributed by atoms with Gasteiger partial charge in [0.1, 0.15) is 5.82 Å². The smallest absolute Gasteiger partial charge is 0.218 e. The fourth-order valence-corrected chi connectivity index (χ4v) is 5.48. The summed E-state index contributed by atoms with van der Waals surface area (Å²) < 4.78 is 29.8. The highest BCUT2D eigenvalue weighted by molar-refractivity contribution is 7.88. The molecule has 4 rings (SSSR count). The summed E-state index contributed by atoms with van der Waals surface area (Å²) in [6, 6.07) is 13.3. The lowest BCUT2D eigenvalue weighted by atomic mass is 10.1. The van der Waals surface area contributed by atoms with Crippen LogP contribution in [0.4, 0.5) is 0 Å². The van der Waals surface area contributed by atoms with Crippen LogP contribution in [0.1, 0.15) is 30.1 Å². The summed E-state index contributed by atoms with van der Waals surface area (Å²) in [5.74, 6) is 0.886. The first-order valence-electron chi connectivity index (χ1n) is 9.50. The number of pyridine rings is 1. The van der Waals surface area contributed by atoms with Crippen molar-refractivity contribution in [1.29, 1.82) is 0 Å². The minimum Gasteiger partial charge on any atom is -0.324 e. The van der Waals surface area contributed by atoms with Gasteiger partial charge < -0.3 is 4.57 Å². The molecule has 0 aliphatic carbocycles. The van der Waals surface area contributed by atoms with Crippen molar-refractivity contribution < 1.29 is 8.42 Å². The molecule has 3 aromatic rings. The van der Waals surface area contributed by atoms with Crippen LogP contribution in [-0.4, -0.2) is 40.3 Å². The number of hydrogen-bond donors (Lipinski definition) is 0. The second-order valence-electron chi connectivity index (χ2n) is 7.23. The van der Waals surface area contributed by atoms with Gasteiger partial charge in [0.15, 0.2) is 0 Å². The number of rotatable bonds is 5. The lowest BCUT2D eigenvalue weighted by molar-refractivity contribution is 0.266. The van der Waals surface area contributed by atoms with E-state index in [4.69, 9.17) is 0 Å². The minimum absolute atomic E-state index is 0.0406. The van der Waals surface area contributed by atoms with Crippen molar-refractivity contribution in [1.82, 2.24) is 18.8 Å². The van der Waals surface area contributed by atoms with E-state index in [1.807, 2.05) is 55.6 Å². The minimum atomic E-state index is -3.36. The number of hydrogen-bond acceptors (Lipinski definition) is 4. The first-order chi connectivity index (χ1) is 13.5. The van der Waals surface area contributed by atoms with Crippen molar-refractivity contribution in [2.24, 2.45) is 0 Å². The molecule has 0 bridgehead atoms. The summed E-state index contributed by atoms with van der Waals surface area (Å²) in [5.41, 5.74) is 2.80.